The van der Waals surface area contributed by atoms with E-state index in [0.29, 0.717) is 51.3 Å². The number of carbonyl (C=O) groups is 3. The van der Waals surface area contributed by atoms with Crippen molar-refractivity contribution in [1.29, 1.82) is 0 Å². The minimum absolute atomic E-state index is 0.0512. The Morgan fingerprint density at radius 1 is 0.885 bits per heavy atom. The van der Waals surface area contributed by atoms with E-state index in [2.05, 4.69) is 6.58 Å². The Kier molecular flexibility index (Phi) is 11.5. The first-order valence-electron chi connectivity index (χ1n) is 8.52. The molecule has 0 spiro atoms. The Morgan fingerprint density at radius 3 is 1.85 bits per heavy atom. The molecule has 0 aliphatic carbocycles. The van der Waals surface area contributed by atoms with E-state index >= 15 is 0 Å². The Balaban J connectivity index is 1.84. The molecule has 2 amide bonds. The Bertz CT molecular complexity index is 463. The second-order valence-electron chi connectivity index (χ2n) is 5.64. The Morgan fingerprint density at radius 2 is 1.35 bits per heavy atom. The Labute approximate surface area is 153 Å². The first-order valence-corrected chi connectivity index (χ1v) is 8.52. The largest absolute Gasteiger partial charge is 0.378 e. The molecule has 1 fully saturated rings. The van der Waals surface area contributed by atoms with Gasteiger partial charge in [-0.2, -0.15) is 0 Å². The van der Waals surface area contributed by atoms with Crippen molar-refractivity contribution >= 4 is 17.8 Å². The number of carbonyl (C=O) groups excluding carboxylic acids is 3. The van der Waals surface area contributed by atoms with Crippen LogP contribution in [0.5, 0.6) is 0 Å². The molecule has 148 valence electrons. The van der Waals surface area contributed by atoms with Crippen LogP contribution in [-0.2, 0) is 38.2 Å². The minimum Gasteiger partial charge on any atom is -0.378 e. The third-order valence-corrected chi connectivity index (χ3v) is 3.11. The summed E-state index contributed by atoms with van der Waals surface area (Å²) < 4.78 is 21.1. The Hall–Kier alpha value is -1.81. The molecule has 0 aromatic heterocycles. The van der Waals surface area contributed by atoms with Crippen molar-refractivity contribution in [2.24, 2.45) is 0 Å². The average Bonchev–Trinajstić information content (AvgIpc) is 2.90. The van der Waals surface area contributed by atoms with Crippen molar-refractivity contribution in [3.05, 3.63) is 12.2 Å². The summed E-state index contributed by atoms with van der Waals surface area (Å²) in [7, 11) is 0. The molecule has 0 radical (unpaired) electrons. The topological polar surface area (TPSA) is 101 Å². The predicted octanol–water partition coefficient (Wildman–Crippen LogP) is 0.626. The smallest absolute Gasteiger partial charge is 0.335 e. The van der Waals surface area contributed by atoms with Gasteiger partial charge < -0.3 is 23.8 Å². The third kappa shape index (κ3) is 10.2. The lowest BCUT2D eigenvalue weighted by Gasteiger charge is -2.12. The van der Waals surface area contributed by atoms with Crippen LogP contribution in [0.1, 0.15) is 26.2 Å². The molecular formula is C17H27NO8. The van der Waals surface area contributed by atoms with E-state index in [1.54, 1.807) is 0 Å². The molecule has 0 N–H and O–H groups in total. The average molecular weight is 373 g/mol. The van der Waals surface area contributed by atoms with Gasteiger partial charge in [-0.15, -0.1) is 5.06 Å². The van der Waals surface area contributed by atoms with E-state index in [0.717, 1.165) is 5.57 Å². The van der Waals surface area contributed by atoms with Crippen molar-refractivity contribution < 1.29 is 38.2 Å². The van der Waals surface area contributed by atoms with Crippen molar-refractivity contribution in [1.82, 2.24) is 5.06 Å². The summed E-state index contributed by atoms with van der Waals surface area (Å²) in [4.78, 5) is 38.8. The number of nitrogens with zero attached hydrogens (tertiary/aromatic N) is 1. The summed E-state index contributed by atoms with van der Waals surface area (Å²) in [6, 6.07) is 0. The number of hydrogen-bond donors (Lipinski definition) is 0. The fourth-order valence-corrected chi connectivity index (χ4v) is 1.87. The summed E-state index contributed by atoms with van der Waals surface area (Å²) in [6.45, 7) is 8.88. The first-order chi connectivity index (χ1) is 12.5. The summed E-state index contributed by atoms with van der Waals surface area (Å²) >= 11 is 0. The number of hydroxylamine groups is 2. The monoisotopic (exact) mass is 373 g/mol. The molecule has 0 aromatic rings. The van der Waals surface area contributed by atoms with Crippen LogP contribution in [0.2, 0.25) is 0 Å². The zero-order valence-corrected chi connectivity index (χ0v) is 15.2. The van der Waals surface area contributed by atoms with Crippen LogP contribution < -0.4 is 0 Å². The fraction of sp³-hybridized carbons (Fsp3) is 0.706. The highest BCUT2D eigenvalue weighted by Gasteiger charge is 2.32. The summed E-state index contributed by atoms with van der Waals surface area (Å²) in [5, 5.41) is 0.523. The quantitative estimate of drug-likeness (QED) is 0.234. The zero-order valence-electron chi connectivity index (χ0n) is 15.2. The van der Waals surface area contributed by atoms with Crippen LogP contribution in [0.3, 0.4) is 0 Å². The molecule has 0 unspecified atom stereocenters. The van der Waals surface area contributed by atoms with Gasteiger partial charge in [-0.05, 0) is 6.92 Å². The molecule has 1 rings (SSSR count). The van der Waals surface area contributed by atoms with Gasteiger partial charge >= 0.3 is 5.97 Å². The van der Waals surface area contributed by atoms with Crippen LogP contribution in [0.15, 0.2) is 12.2 Å². The molecule has 0 bridgehead atoms. The van der Waals surface area contributed by atoms with Crippen molar-refractivity contribution in [2.45, 2.75) is 26.2 Å². The molecule has 26 heavy (non-hydrogen) atoms. The molecular weight excluding hydrogens is 346 g/mol. The highest BCUT2D eigenvalue weighted by molar-refractivity contribution is 6.01. The summed E-state index contributed by atoms with van der Waals surface area (Å²) in [6.07, 6.45) is 0.0979. The van der Waals surface area contributed by atoms with Gasteiger partial charge in [-0.1, -0.05) is 12.2 Å². The van der Waals surface area contributed by atoms with Gasteiger partial charge in [0, 0.05) is 12.8 Å². The molecule has 9 nitrogen and oxygen atoms in total. The lowest BCUT2D eigenvalue weighted by molar-refractivity contribution is -0.198. The molecule has 1 saturated heterocycles. The number of hydrogen-bond acceptors (Lipinski definition) is 8. The van der Waals surface area contributed by atoms with E-state index in [4.69, 9.17) is 23.8 Å². The molecule has 1 aliphatic rings. The van der Waals surface area contributed by atoms with Crippen LogP contribution in [0.4, 0.5) is 0 Å². The normalized spacial score (nSPS) is 14.1. The standard InChI is InChI=1S/C17H27NO8/c1-14(2)13-25-12-11-24-10-9-23-8-7-22-6-5-17(21)26-18-15(19)3-4-16(18)20/h1,3-13H2,2H3. The fourth-order valence-electron chi connectivity index (χ4n) is 1.87. The van der Waals surface area contributed by atoms with Gasteiger partial charge in [0.1, 0.15) is 0 Å². The maximum Gasteiger partial charge on any atom is 0.335 e. The first kappa shape index (κ1) is 22.2. The van der Waals surface area contributed by atoms with E-state index in [-0.39, 0.29) is 25.9 Å². The van der Waals surface area contributed by atoms with Gasteiger partial charge in [0.25, 0.3) is 11.8 Å². The van der Waals surface area contributed by atoms with Crippen LogP contribution in [0.25, 0.3) is 0 Å². The predicted molar refractivity (Wildman–Crippen MR) is 89.9 cm³/mol. The number of ether oxygens (including phenoxy) is 4. The maximum absolute atomic E-state index is 11.5. The van der Waals surface area contributed by atoms with E-state index < -0.39 is 17.8 Å². The van der Waals surface area contributed by atoms with Crippen molar-refractivity contribution in [3.63, 3.8) is 0 Å². The third-order valence-electron chi connectivity index (χ3n) is 3.11. The molecule has 1 aliphatic heterocycles. The lowest BCUT2D eigenvalue weighted by atomic mass is 10.4. The van der Waals surface area contributed by atoms with Crippen molar-refractivity contribution in [2.75, 3.05) is 52.9 Å². The van der Waals surface area contributed by atoms with Crippen LogP contribution in [0, 0.1) is 0 Å². The maximum atomic E-state index is 11.5. The minimum atomic E-state index is -0.684. The molecule has 0 aromatic carbocycles. The zero-order chi connectivity index (χ0) is 19.2. The van der Waals surface area contributed by atoms with Crippen LogP contribution >= 0.6 is 0 Å². The van der Waals surface area contributed by atoms with E-state index in [9.17, 15) is 14.4 Å². The van der Waals surface area contributed by atoms with Crippen molar-refractivity contribution in [3.8, 4) is 0 Å². The second kappa shape index (κ2) is 13.4. The van der Waals surface area contributed by atoms with Gasteiger partial charge in [0.15, 0.2) is 0 Å². The highest BCUT2D eigenvalue weighted by atomic mass is 16.7. The molecule has 0 saturated carbocycles. The van der Waals surface area contributed by atoms with Gasteiger partial charge in [0.05, 0.1) is 59.3 Å². The molecule has 1 heterocycles. The molecule has 9 heteroatoms. The van der Waals surface area contributed by atoms with Crippen LogP contribution in [-0.4, -0.2) is 75.7 Å². The van der Waals surface area contributed by atoms with E-state index in [1.807, 2.05) is 6.92 Å². The highest BCUT2D eigenvalue weighted by Crippen LogP contribution is 2.12. The SMILES string of the molecule is C=C(C)COCCOCCOCCOCCC(=O)ON1C(=O)CCC1=O. The lowest BCUT2D eigenvalue weighted by Crippen LogP contribution is -2.32. The summed E-state index contributed by atoms with van der Waals surface area (Å²) in [5.41, 5.74) is 0.972. The second-order valence-corrected chi connectivity index (χ2v) is 5.64. The molecule has 0 atom stereocenters. The van der Waals surface area contributed by atoms with Gasteiger partial charge in [-0.25, -0.2) is 4.79 Å². The number of amides is 2. The number of imide groups is 1. The van der Waals surface area contributed by atoms with Gasteiger partial charge in [0.2, 0.25) is 0 Å². The number of rotatable bonds is 15. The van der Waals surface area contributed by atoms with E-state index in [1.165, 1.54) is 0 Å². The van der Waals surface area contributed by atoms with Gasteiger partial charge in [-0.3, -0.25) is 9.59 Å². The summed E-state index contributed by atoms with van der Waals surface area (Å²) in [5.74, 6) is -1.68.